The highest BCUT2D eigenvalue weighted by Gasteiger charge is 2.34. The predicted molar refractivity (Wildman–Crippen MR) is 66.5 cm³/mol. The zero-order valence-corrected chi connectivity index (χ0v) is 9.86. The predicted octanol–water partition coefficient (Wildman–Crippen LogP) is 1.76. The number of hydrogen-bond donors (Lipinski definition) is 2. The number of carbonyl (C=O) groups is 1. The molecule has 2 fully saturated rings. The minimum Gasteiger partial charge on any atom is -0.352 e. The van der Waals surface area contributed by atoms with Crippen molar-refractivity contribution in [1.82, 2.24) is 10.6 Å². The lowest BCUT2D eigenvalue weighted by Gasteiger charge is -2.40. The molecule has 0 spiro atoms. The summed E-state index contributed by atoms with van der Waals surface area (Å²) in [6, 6.07) is 11.8. The van der Waals surface area contributed by atoms with E-state index in [2.05, 4.69) is 41.0 Å². The van der Waals surface area contributed by atoms with E-state index in [9.17, 15) is 4.79 Å². The molecule has 0 aliphatic carbocycles. The van der Waals surface area contributed by atoms with E-state index in [1.165, 1.54) is 5.56 Å². The molecule has 0 aromatic heterocycles. The summed E-state index contributed by atoms with van der Waals surface area (Å²) in [5.41, 5.74) is 1.36. The van der Waals surface area contributed by atoms with Gasteiger partial charge in [0.25, 0.3) is 0 Å². The lowest BCUT2D eigenvalue weighted by molar-refractivity contribution is -0.124. The second-order valence-corrected chi connectivity index (χ2v) is 5.03. The summed E-state index contributed by atoms with van der Waals surface area (Å²) >= 11 is 0. The topological polar surface area (TPSA) is 41.1 Å². The summed E-state index contributed by atoms with van der Waals surface area (Å²) in [7, 11) is 0. The molecule has 3 heteroatoms. The largest absolute Gasteiger partial charge is 0.352 e. The van der Waals surface area contributed by atoms with E-state index in [-0.39, 0.29) is 5.91 Å². The third-order valence-electron chi connectivity index (χ3n) is 3.90. The van der Waals surface area contributed by atoms with Crippen LogP contribution < -0.4 is 10.6 Å². The van der Waals surface area contributed by atoms with Crippen molar-refractivity contribution in [2.45, 2.75) is 43.8 Å². The molecule has 2 unspecified atom stereocenters. The molecule has 1 aromatic carbocycles. The Balaban J connectivity index is 1.70. The Morgan fingerprint density at radius 1 is 1.00 bits per heavy atom. The van der Waals surface area contributed by atoms with Crippen LogP contribution in [0.25, 0.3) is 0 Å². The lowest BCUT2D eigenvalue weighted by atomic mass is 9.86. The molecule has 0 radical (unpaired) electrons. The molecular formula is C14H18N2O. The fraction of sp³-hybridized carbons (Fsp3) is 0.500. The van der Waals surface area contributed by atoms with E-state index >= 15 is 0 Å². The molecule has 2 N–H and O–H groups in total. The van der Waals surface area contributed by atoms with Crippen LogP contribution in [0.1, 0.15) is 37.3 Å². The zero-order chi connectivity index (χ0) is 11.7. The van der Waals surface area contributed by atoms with Crippen LogP contribution >= 0.6 is 0 Å². The van der Waals surface area contributed by atoms with Gasteiger partial charge in [-0.25, -0.2) is 0 Å². The molecule has 3 atom stereocenters. The van der Waals surface area contributed by atoms with Gasteiger partial charge in [0.1, 0.15) is 0 Å². The molecule has 2 aliphatic rings. The van der Waals surface area contributed by atoms with Gasteiger partial charge in [-0.1, -0.05) is 30.3 Å². The number of hydrogen-bond acceptors (Lipinski definition) is 2. The average molecular weight is 230 g/mol. The van der Waals surface area contributed by atoms with Crippen LogP contribution in [0.2, 0.25) is 0 Å². The molecule has 1 aromatic rings. The van der Waals surface area contributed by atoms with Crippen molar-refractivity contribution in [1.29, 1.82) is 0 Å². The maximum atomic E-state index is 11.3. The molecule has 2 aliphatic heterocycles. The van der Waals surface area contributed by atoms with Crippen molar-refractivity contribution in [3.8, 4) is 0 Å². The van der Waals surface area contributed by atoms with Gasteiger partial charge in [0.2, 0.25) is 5.91 Å². The second-order valence-electron chi connectivity index (χ2n) is 5.03. The normalized spacial score (nSPS) is 32.7. The third kappa shape index (κ3) is 2.20. The molecule has 90 valence electrons. The van der Waals surface area contributed by atoms with Gasteiger partial charge in [-0.15, -0.1) is 0 Å². The van der Waals surface area contributed by atoms with E-state index in [1.54, 1.807) is 0 Å². The fourth-order valence-electron chi connectivity index (χ4n) is 2.98. The molecular weight excluding hydrogens is 212 g/mol. The molecule has 1 amide bonds. The van der Waals surface area contributed by atoms with Gasteiger partial charge in [-0.3, -0.25) is 4.79 Å². The van der Waals surface area contributed by atoms with Crippen LogP contribution in [0.5, 0.6) is 0 Å². The van der Waals surface area contributed by atoms with Crippen LogP contribution in [0.3, 0.4) is 0 Å². The van der Waals surface area contributed by atoms with Gasteiger partial charge in [0.05, 0.1) is 0 Å². The summed E-state index contributed by atoms with van der Waals surface area (Å²) in [5.74, 6) is 0.214. The number of piperidine rings is 2. The first-order valence-corrected chi connectivity index (χ1v) is 6.43. The van der Waals surface area contributed by atoms with Gasteiger partial charge in [0, 0.05) is 24.5 Å². The van der Waals surface area contributed by atoms with Gasteiger partial charge in [-0.2, -0.15) is 0 Å². The summed E-state index contributed by atoms with van der Waals surface area (Å²) in [4.78, 5) is 11.3. The molecule has 2 heterocycles. The van der Waals surface area contributed by atoms with Crippen molar-refractivity contribution in [3.05, 3.63) is 35.9 Å². The van der Waals surface area contributed by atoms with E-state index in [1.807, 2.05) is 0 Å². The first-order chi connectivity index (χ1) is 8.33. The number of carbonyl (C=O) groups excluding carboxylic acids is 1. The Hall–Kier alpha value is -1.35. The fourth-order valence-corrected chi connectivity index (χ4v) is 2.98. The molecule has 0 bridgehead atoms. The number of benzene rings is 1. The summed E-state index contributed by atoms with van der Waals surface area (Å²) in [6.45, 7) is 0. The van der Waals surface area contributed by atoms with E-state index in [0.717, 1.165) is 19.3 Å². The minimum absolute atomic E-state index is 0.214. The summed E-state index contributed by atoms with van der Waals surface area (Å²) in [6.07, 6.45) is 3.82. The quantitative estimate of drug-likeness (QED) is 0.772. The Kier molecular flexibility index (Phi) is 2.85. The zero-order valence-electron chi connectivity index (χ0n) is 9.86. The van der Waals surface area contributed by atoms with Crippen molar-refractivity contribution in [3.63, 3.8) is 0 Å². The summed E-state index contributed by atoms with van der Waals surface area (Å²) in [5, 5.41) is 6.77. The Morgan fingerprint density at radius 2 is 1.82 bits per heavy atom. The van der Waals surface area contributed by atoms with Gasteiger partial charge >= 0.3 is 0 Å². The van der Waals surface area contributed by atoms with Crippen LogP contribution in [0.4, 0.5) is 0 Å². The van der Waals surface area contributed by atoms with Crippen LogP contribution in [0, 0.1) is 0 Å². The van der Waals surface area contributed by atoms with Crippen LogP contribution in [-0.2, 0) is 4.79 Å². The highest BCUT2D eigenvalue weighted by Crippen LogP contribution is 2.28. The average Bonchev–Trinajstić information content (AvgIpc) is 2.39. The van der Waals surface area contributed by atoms with E-state index in [0.29, 0.717) is 24.5 Å². The van der Waals surface area contributed by atoms with Crippen molar-refractivity contribution in [2.24, 2.45) is 0 Å². The Bertz CT molecular complexity index is 404. The van der Waals surface area contributed by atoms with Gasteiger partial charge in [-0.05, 0) is 24.8 Å². The van der Waals surface area contributed by atoms with Gasteiger partial charge in [0.15, 0.2) is 0 Å². The van der Waals surface area contributed by atoms with E-state index in [4.69, 9.17) is 0 Å². The molecule has 17 heavy (non-hydrogen) atoms. The Labute approximate surface area is 102 Å². The maximum Gasteiger partial charge on any atom is 0.220 e. The standard InChI is InChI=1S/C14H18N2O/c17-14-9-8-12-13(16-14)7-6-11(15-12)10-4-2-1-3-5-10/h1-5,11-13,15H,6-9H2,(H,16,17)/t11?,12-,13?/m1/s1. The van der Waals surface area contributed by atoms with Crippen LogP contribution in [-0.4, -0.2) is 18.0 Å². The van der Waals surface area contributed by atoms with Crippen molar-refractivity contribution >= 4 is 5.91 Å². The first kappa shape index (κ1) is 10.8. The van der Waals surface area contributed by atoms with Crippen molar-refractivity contribution in [2.75, 3.05) is 0 Å². The van der Waals surface area contributed by atoms with Crippen molar-refractivity contribution < 1.29 is 4.79 Å². The molecule has 3 rings (SSSR count). The maximum absolute atomic E-state index is 11.3. The van der Waals surface area contributed by atoms with Gasteiger partial charge < -0.3 is 10.6 Å². The lowest BCUT2D eigenvalue weighted by Crippen LogP contribution is -2.57. The third-order valence-corrected chi connectivity index (χ3v) is 3.90. The smallest absolute Gasteiger partial charge is 0.220 e. The Morgan fingerprint density at radius 3 is 2.65 bits per heavy atom. The molecule has 3 nitrogen and oxygen atoms in total. The van der Waals surface area contributed by atoms with E-state index < -0.39 is 0 Å². The number of nitrogens with one attached hydrogen (secondary N) is 2. The first-order valence-electron chi connectivity index (χ1n) is 6.43. The SMILES string of the molecule is O=C1CC[C@H]2NC(c3ccccc3)CCC2N1. The highest BCUT2D eigenvalue weighted by atomic mass is 16.1. The monoisotopic (exact) mass is 230 g/mol. The molecule has 0 saturated carbocycles. The number of rotatable bonds is 1. The van der Waals surface area contributed by atoms with Crippen LogP contribution in [0.15, 0.2) is 30.3 Å². The molecule has 2 saturated heterocycles. The summed E-state index contributed by atoms with van der Waals surface area (Å²) < 4.78 is 0. The second kappa shape index (κ2) is 4.49. The highest BCUT2D eigenvalue weighted by molar-refractivity contribution is 5.77. The minimum atomic E-state index is 0.214. The number of amides is 1. The number of fused-ring (bicyclic) bond motifs is 1.